The van der Waals surface area contributed by atoms with Crippen molar-refractivity contribution in [3.8, 4) is 0 Å². The van der Waals surface area contributed by atoms with Crippen LogP contribution in [0, 0.1) is 6.92 Å². The molecule has 0 aromatic carbocycles. The third-order valence-electron chi connectivity index (χ3n) is 2.85. The number of halogens is 1. The number of pyridine rings is 1. The zero-order valence-electron chi connectivity index (χ0n) is 10.9. The molecule has 0 aliphatic heterocycles. The molecule has 2 rings (SSSR count). The van der Waals surface area contributed by atoms with E-state index in [-0.39, 0.29) is 5.91 Å². The second kappa shape index (κ2) is 5.89. The van der Waals surface area contributed by atoms with Gasteiger partial charge in [0.25, 0.3) is 5.91 Å². The molecule has 100 valence electrons. The average molecular weight is 279 g/mol. The minimum atomic E-state index is -0.176. The third kappa shape index (κ3) is 3.15. The van der Waals surface area contributed by atoms with E-state index in [1.807, 2.05) is 18.2 Å². The minimum absolute atomic E-state index is 0.176. The lowest BCUT2D eigenvalue weighted by molar-refractivity contribution is 0.0750. The predicted octanol–water partition coefficient (Wildman–Crippen LogP) is 2.99. The maximum atomic E-state index is 12.2. The topological polar surface area (TPSA) is 46.3 Å². The Balaban J connectivity index is 2.10. The Morgan fingerprint density at radius 3 is 2.84 bits per heavy atom. The summed E-state index contributed by atoms with van der Waals surface area (Å²) in [7, 11) is 1.72. The molecule has 0 unspecified atom stereocenters. The Hall–Kier alpha value is -1.81. The van der Waals surface area contributed by atoms with Crippen molar-refractivity contribution in [2.45, 2.75) is 19.3 Å². The number of hydrogen-bond acceptors (Lipinski definition) is 3. The van der Waals surface area contributed by atoms with E-state index in [1.54, 1.807) is 31.1 Å². The molecule has 0 aliphatic rings. The van der Waals surface area contributed by atoms with E-state index in [0.717, 1.165) is 11.3 Å². The number of furan rings is 1. The van der Waals surface area contributed by atoms with Gasteiger partial charge in [-0.05, 0) is 25.1 Å². The summed E-state index contributed by atoms with van der Waals surface area (Å²) in [5, 5.41) is 0. The van der Waals surface area contributed by atoms with Crippen LogP contribution in [0.3, 0.4) is 0 Å². The van der Waals surface area contributed by atoms with Crippen molar-refractivity contribution in [3.05, 3.63) is 53.2 Å². The first-order valence-corrected chi connectivity index (χ1v) is 6.46. The number of amides is 1. The smallest absolute Gasteiger partial charge is 0.289 e. The van der Waals surface area contributed by atoms with Gasteiger partial charge in [-0.25, -0.2) is 0 Å². The molecule has 2 aromatic heterocycles. The van der Waals surface area contributed by atoms with Gasteiger partial charge in [-0.2, -0.15) is 0 Å². The summed E-state index contributed by atoms with van der Waals surface area (Å²) in [6.07, 6.45) is 1.70. The van der Waals surface area contributed by atoms with Crippen molar-refractivity contribution < 1.29 is 9.21 Å². The first kappa shape index (κ1) is 13.6. The molecular formula is C14H15ClN2O2. The SMILES string of the molecule is Cc1oc(C(=O)N(C)Cc2ccccn2)cc1CCl. The number of aromatic nitrogens is 1. The van der Waals surface area contributed by atoms with Gasteiger partial charge >= 0.3 is 0 Å². The Bertz CT molecular complexity index is 566. The summed E-state index contributed by atoms with van der Waals surface area (Å²) in [4.78, 5) is 17.9. The summed E-state index contributed by atoms with van der Waals surface area (Å²) in [5.74, 6) is 1.16. The van der Waals surface area contributed by atoms with Crippen LogP contribution in [0.5, 0.6) is 0 Å². The van der Waals surface area contributed by atoms with E-state index >= 15 is 0 Å². The number of rotatable bonds is 4. The Labute approximate surface area is 117 Å². The molecule has 0 saturated carbocycles. The van der Waals surface area contributed by atoms with E-state index in [0.29, 0.717) is 23.9 Å². The normalized spacial score (nSPS) is 10.5. The number of alkyl halides is 1. The molecule has 4 nitrogen and oxygen atoms in total. The number of carbonyl (C=O) groups is 1. The lowest BCUT2D eigenvalue weighted by Gasteiger charge is -2.14. The van der Waals surface area contributed by atoms with E-state index in [1.165, 1.54) is 0 Å². The van der Waals surface area contributed by atoms with Crippen LogP contribution in [-0.4, -0.2) is 22.8 Å². The van der Waals surface area contributed by atoms with Crippen LogP contribution in [0.15, 0.2) is 34.9 Å². The zero-order valence-corrected chi connectivity index (χ0v) is 11.6. The summed E-state index contributed by atoms with van der Waals surface area (Å²) >= 11 is 5.76. The molecule has 0 aliphatic carbocycles. The number of nitrogens with zero attached hydrogens (tertiary/aromatic N) is 2. The van der Waals surface area contributed by atoms with Crippen molar-refractivity contribution in [1.82, 2.24) is 9.88 Å². The van der Waals surface area contributed by atoms with Gasteiger partial charge in [0.2, 0.25) is 0 Å². The van der Waals surface area contributed by atoms with Gasteiger partial charge in [-0.15, -0.1) is 11.6 Å². The molecule has 0 bridgehead atoms. The lowest BCUT2D eigenvalue weighted by atomic mass is 10.2. The van der Waals surface area contributed by atoms with Gasteiger partial charge < -0.3 is 9.32 Å². The van der Waals surface area contributed by atoms with Crippen LogP contribution in [-0.2, 0) is 12.4 Å². The molecule has 0 saturated heterocycles. The molecule has 19 heavy (non-hydrogen) atoms. The van der Waals surface area contributed by atoms with E-state index < -0.39 is 0 Å². The maximum Gasteiger partial charge on any atom is 0.289 e. The van der Waals surface area contributed by atoms with Crippen molar-refractivity contribution in [1.29, 1.82) is 0 Å². The van der Waals surface area contributed by atoms with Gasteiger partial charge in [-0.1, -0.05) is 6.07 Å². The Kier molecular flexibility index (Phi) is 4.22. The maximum absolute atomic E-state index is 12.2. The molecule has 0 atom stereocenters. The van der Waals surface area contributed by atoms with Crippen molar-refractivity contribution in [3.63, 3.8) is 0 Å². The highest BCUT2D eigenvalue weighted by atomic mass is 35.5. The van der Waals surface area contributed by atoms with Crippen LogP contribution in [0.2, 0.25) is 0 Å². The fourth-order valence-electron chi connectivity index (χ4n) is 1.75. The second-order valence-electron chi connectivity index (χ2n) is 4.31. The van der Waals surface area contributed by atoms with Gasteiger partial charge in [0.15, 0.2) is 5.76 Å². The molecule has 2 heterocycles. The Morgan fingerprint density at radius 1 is 1.47 bits per heavy atom. The van der Waals surface area contributed by atoms with Gasteiger partial charge in [0.05, 0.1) is 18.1 Å². The van der Waals surface area contributed by atoms with Crippen molar-refractivity contribution in [2.75, 3.05) is 7.05 Å². The molecule has 0 radical (unpaired) electrons. The van der Waals surface area contributed by atoms with Crippen molar-refractivity contribution in [2.24, 2.45) is 0 Å². The summed E-state index contributed by atoms with van der Waals surface area (Å²) in [6.45, 7) is 2.24. The fraction of sp³-hybridized carbons (Fsp3) is 0.286. The fourth-order valence-corrected chi connectivity index (χ4v) is 2.02. The standard InChI is InChI=1S/C14H15ClN2O2/c1-10-11(8-15)7-13(19-10)14(18)17(2)9-12-5-3-4-6-16-12/h3-7H,8-9H2,1-2H3. The van der Waals surface area contributed by atoms with E-state index in [4.69, 9.17) is 16.0 Å². The first-order chi connectivity index (χ1) is 9.11. The summed E-state index contributed by atoms with van der Waals surface area (Å²) < 4.78 is 5.43. The summed E-state index contributed by atoms with van der Waals surface area (Å²) in [5.41, 5.74) is 1.68. The summed E-state index contributed by atoms with van der Waals surface area (Å²) in [6, 6.07) is 7.30. The molecule has 1 amide bonds. The number of aryl methyl sites for hydroxylation is 1. The van der Waals surface area contributed by atoms with Crippen LogP contribution >= 0.6 is 11.6 Å². The molecule has 0 fully saturated rings. The second-order valence-corrected chi connectivity index (χ2v) is 4.58. The van der Waals surface area contributed by atoms with Crippen molar-refractivity contribution >= 4 is 17.5 Å². The molecule has 0 spiro atoms. The highest BCUT2D eigenvalue weighted by Crippen LogP contribution is 2.18. The zero-order chi connectivity index (χ0) is 13.8. The number of hydrogen-bond donors (Lipinski definition) is 0. The molecular weight excluding hydrogens is 264 g/mol. The minimum Gasteiger partial charge on any atom is -0.456 e. The van der Waals surface area contributed by atoms with Crippen LogP contribution in [0.4, 0.5) is 0 Å². The van der Waals surface area contributed by atoms with Crippen LogP contribution < -0.4 is 0 Å². The quantitative estimate of drug-likeness (QED) is 0.808. The Morgan fingerprint density at radius 2 is 2.26 bits per heavy atom. The third-order valence-corrected chi connectivity index (χ3v) is 3.14. The predicted molar refractivity (Wildman–Crippen MR) is 73.0 cm³/mol. The highest BCUT2D eigenvalue weighted by molar-refractivity contribution is 6.17. The number of carbonyl (C=O) groups excluding carboxylic acids is 1. The molecule has 5 heteroatoms. The average Bonchev–Trinajstić information content (AvgIpc) is 2.80. The van der Waals surface area contributed by atoms with Gasteiger partial charge in [0, 0.05) is 18.8 Å². The van der Waals surface area contributed by atoms with Gasteiger partial charge in [-0.3, -0.25) is 9.78 Å². The van der Waals surface area contributed by atoms with E-state index in [9.17, 15) is 4.79 Å². The first-order valence-electron chi connectivity index (χ1n) is 5.92. The van der Waals surface area contributed by atoms with Crippen LogP contribution in [0.25, 0.3) is 0 Å². The van der Waals surface area contributed by atoms with Gasteiger partial charge in [0.1, 0.15) is 5.76 Å². The lowest BCUT2D eigenvalue weighted by Crippen LogP contribution is -2.26. The monoisotopic (exact) mass is 278 g/mol. The highest BCUT2D eigenvalue weighted by Gasteiger charge is 2.18. The van der Waals surface area contributed by atoms with Crippen LogP contribution in [0.1, 0.15) is 27.6 Å². The molecule has 0 N–H and O–H groups in total. The largest absolute Gasteiger partial charge is 0.456 e. The van der Waals surface area contributed by atoms with E-state index in [2.05, 4.69) is 4.98 Å². The molecule has 2 aromatic rings.